The van der Waals surface area contributed by atoms with Crippen LogP contribution in [0.3, 0.4) is 0 Å². The fourth-order valence-corrected chi connectivity index (χ4v) is 3.31. The molecule has 0 saturated carbocycles. The average Bonchev–Trinajstić information content (AvgIpc) is 2.75. The van der Waals surface area contributed by atoms with Gasteiger partial charge in [-0.25, -0.2) is 9.59 Å². The van der Waals surface area contributed by atoms with Crippen LogP contribution in [0.1, 0.15) is 112 Å². The van der Waals surface area contributed by atoms with Crippen molar-refractivity contribution in [2.45, 2.75) is 91.4 Å². The van der Waals surface area contributed by atoms with E-state index in [1.54, 1.807) is 24.3 Å². The Balaban J connectivity index is 2.46. The van der Waals surface area contributed by atoms with Crippen LogP contribution in [-0.2, 0) is 9.47 Å². The highest BCUT2D eigenvalue weighted by molar-refractivity contribution is 6.03. The van der Waals surface area contributed by atoms with Crippen molar-refractivity contribution in [3.05, 3.63) is 35.4 Å². The van der Waals surface area contributed by atoms with Gasteiger partial charge in [0.2, 0.25) is 0 Å². The standard InChI is InChI=1S/C25H40O4/c1-4-7-9-10-11-12-15-19-28-24(26)22-17-13-14-18-23(22)25(27)29-20-21(6-3)16-8-5-2/h13-14,17-18,21H,4-12,15-16,19-20H2,1-3H3. The first-order valence-corrected chi connectivity index (χ1v) is 11.6. The highest BCUT2D eigenvalue weighted by atomic mass is 16.5. The van der Waals surface area contributed by atoms with Crippen LogP contribution in [0.2, 0.25) is 0 Å². The fourth-order valence-electron chi connectivity index (χ4n) is 3.31. The van der Waals surface area contributed by atoms with Gasteiger partial charge in [-0.2, -0.15) is 0 Å². The maximum Gasteiger partial charge on any atom is 0.339 e. The van der Waals surface area contributed by atoms with Gasteiger partial charge in [0.1, 0.15) is 0 Å². The zero-order valence-corrected chi connectivity index (χ0v) is 18.7. The number of benzene rings is 1. The SMILES string of the molecule is CCCCCCCCCOC(=O)c1ccccc1C(=O)OCC(CC)CCCC. The van der Waals surface area contributed by atoms with E-state index in [9.17, 15) is 9.59 Å². The van der Waals surface area contributed by atoms with Crippen LogP contribution in [0, 0.1) is 5.92 Å². The van der Waals surface area contributed by atoms with Gasteiger partial charge in [-0.05, 0) is 30.9 Å². The van der Waals surface area contributed by atoms with Crippen molar-refractivity contribution in [3.63, 3.8) is 0 Å². The van der Waals surface area contributed by atoms with E-state index < -0.39 is 11.9 Å². The molecular weight excluding hydrogens is 364 g/mol. The Hall–Kier alpha value is -1.84. The number of esters is 2. The van der Waals surface area contributed by atoms with Crippen LogP contribution < -0.4 is 0 Å². The summed E-state index contributed by atoms with van der Waals surface area (Å²) in [4.78, 5) is 25.0. The molecule has 0 saturated heterocycles. The van der Waals surface area contributed by atoms with Crippen molar-refractivity contribution < 1.29 is 19.1 Å². The largest absolute Gasteiger partial charge is 0.462 e. The highest BCUT2D eigenvalue weighted by Crippen LogP contribution is 2.16. The lowest BCUT2D eigenvalue weighted by Crippen LogP contribution is -2.17. The molecule has 0 radical (unpaired) electrons. The molecule has 0 aliphatic carbocycles. The van der Waals surface area contributed by atoms with E-state index in [0.717, 1.165) is 38.5 Å². The Morgan fingerprint density at radius 3 is 1.90 bits per heavy atom. The van der Waals surface area contributed by atoms with Crippen LogP contribution in [0.25, 0.3) is 0 Å². The lowest BCUT2D eigenvalue weighted by Gasteiger charge is -2.15. The molecule has 29 heavy (non-hydrogen) atoms. The van der Waals surface area contributed by atoms with E-state index in [2.05, 4.69) is 20.8 Å². The Morgan fingerprint density at radius 1 is 0.759 bits per heavy atom. The summed E-state index contributed by atoms with van der Waals surface area (Å²) in [5.41, 5.74) is 0.587. The van der Waals surface area contributed by atoms with Gasteiger partial charge >= 0.3 is 11.9 Å². The predicted octanol–water partition coefficient (Wildman–Crippen LogP) is 6.97. The summed E-state index contributed by atoms with van der Waals surface area (Å²) >= 11 is 0. The minimum Gasteiger partial charge on any atom is -0.462 e. The van der Waals surface area contributed by atoms with E-state index in [1.165, 1.54) is 32.1 Å². The first-order valence-electron chi connectivity index (χ1n) is 11.6. The minimum atomic E-state index is -0.443. The van der Waals surface area contributed by atoms with E-state index in [1.807, 2.05) is 0 Å². The fraction of sp³-hybridized carbons (Fsp3) is 0.680. The molecule has 0 bridgehead atoms. The van der Waals surface area contributed by atoms with Gasteiger partial charge in [-0.15, -0.1) is 0 Å². The highest BCUT2D eigenvalue weighted by Gasteiger charge is 2.20. The zero-order chi connectivity index (χ0) is 21.3. The maximum absolute atomic E-state index is 12.5. The topological polar surface area (TPSA) is 52.6 Å². The maximum atomic E-state index is 12.5. The molecule has 0 N–H and O–H groups in total. The number of hydrogen-bond acceptors (Lipinski definition) is 4. The number of rotatable bonds is 16. The summed E-state index contributed by atoms with van der Waals surface area (Å²) in [6, 6.07) is 6.77. The Bertz CT molecular complexity index is 582. The Morgan fingerprint density at radius 2 is 1.31 bits per heavy atom. The first kappa shape index (κ1) is 25.2. The number of ether oxygens (including phenoxy) is 2. The van der Waals surface area contributed by atoms with Gasteiger partial charge < -0.3 is 9.47 Å². The third-order valence-electron chi connectivity index (χ3n) is 5.34. The third-order valence-corrected chi connectivity index (χ3v) is 5.34. The van der Waals surface area contributed by atoms with Crippen LogP contribution >= 0.6 is 0 Å². The second kappa shape index (κ2) is 16.0. The van der Waals surface area contributed by atoms with Crippen molar-refractivity contribution in [1.29, 1.82) is 0 Å². The summed E-state index contributed by atoms with van der Waals surface area (Å²) < 4.78 is 10.9. The van der Waals surface area contributed by atoms with Crippen molar-refractivity contribution in [2.75, 3.05) is 13.2 Å². The summed E-state index contributed by atoms with van der Waals surface area (Å²) in [6.45, 7) is 7.28. The average molecular weight is 405 g/mol. The lowest BCUT2D eigenvalue weighted by atomic mass is 10.0. The molecule has 0 heterocycles. The smallest absolute Gasteiger partial charge is 0.339 e. The van der Waals surface area contributed by atoms with E-state index >= 15 is 0 Å². The molecule has 0 aliphatic rings. The molecule has 0 aliphatic heterocycles. The van der Waals surface area contributed by atoms with Crippen LogP contribution in [0.4, 0.5) is 0 Å². The molecule has 0 spiro atoms. The number of carbonyl (C=O) groups excluding carboxylic acids is 2. The van der Waals surface area contributed by atoms with Crippen molar-refractivity contribution in [3.8, 4) is 0 Å². The summed E-state index contributed by atoms with van der Waals surface area (Å²) in [5.74, 6) is -0.514. The first-order chi connectivity index (χ1) is 14.1. The van der Waals surface area contributed by atoms with Crippen molar-refractivity contribution >= 4 is 11.9 Å². The Kier molecular flexibility index (Phi) is 13.9. The van der Waals surface area contributed by atoms with Crippen molar-refractivity contribution in [1.82, 2.24) is 0 Å². The molecule has 0 fully saturated rings. The number of hydrogen-bond donors (Lipinski definition) is 0. The van der Waals surface area contributed by atoms with Crippen molar-refractivity contribution in [2.24, 2.45) is 5.92 Å². The molecular formula is C25H40O4. The van der Waals surface area contributed by atoms with Gasteiger partial charge in [0.25, 0.3) is 0 Å². The second-order valence-corrected chi connectivity index (χ2v) is 7.82. The molecule has 1 atom stereocenters. The molecule has 164 valence electrons. The second-order valence-electron chi connectivity index (χ2n) is 7.82. The number of carbonyl (C=O) groups is 2. The quantitative estimate of drug-likeness (QED) is 0.220. The molecule has 1 aromatic rings. The van der Waals surface area contributed by atoms with Gasteiger partial charge in [0.05, 0.1) is 24.3 Å². The third kappa shape index (κ3) is 10.5. The van der Waals surface area contributed by atoms with E-state index in [0.29, 0.717) is 30.3 Å². The van der Waals surface area contributed by atoms with Crippen LogP contribution in [0.15, 0.2) is 24.3 Å². The predicted molar refractivity (Wildman–Crippen MR) is 118 cm³/mol. The normalized spacial score (nSPS) is 11.8. The molecule has 4 nitrogen and oxygen atoms in total. The monoisotopic (exact) mass is 404 g/mol. The molecule has 1 rings (SSSR count). The van der Waals surface area contributed by atoms with Crippen LogP contribution in [0.5, 0.6) is 0 Å². The van der Waals surface area contributed by atoms with E-state index in [-0.39, 0.29) is 0 Å². The molecule has 4 heteroatoms. The van der Waals surface area contributed by atoms with Gasteiger partial charge in [-0.3, -0.25) is 0 Å². The summed E-state index contributed by atoms with van der Waals surface area (Å²) in [7, 11) is 0. The summed E-state index contributed by atoms with van der Waals surface area (Å²) in [5, 5.41) is 0. The van der Waals surface area contributed by atoms with Crippen LogP contribution in [-0.4, -0.2) is 25.2 Å². The van der Waals surface area contributed by atoms with Gasteiger partial charge in [0, 0.05) is 0 Å². The lowest BCUT2D eigenvalue weighted by molar-refractivity contribution is 0.0404. The molecule has 1 aromatic carbocycles. The summed E-state index contributed by atoms with van der Waals surface area (Å²) in [6.07, 6.45) is 12.5. The number of unbranched alkanes of at least 4 members (excludes halogenated alkanes) is 7. The van der Waals surface area contributed by atoms with Gasteiger partial charge in [0.15, 0.2) is 0 Å². The van der Waals surface area contributed by atoms with E-state index in [4.69, 9.17) is 9.47 Å². The van der Waals surface area contributed by atoms with Gasteiger partial charge in [-0.1, -0.05) is 90.7 Å². The molecule has 0 aromatic heterocycles. The molecule has 1 unspecified atom stereocenters. The molecule has 0 amide bonds. The zero-order valence-electron chi connectivity index (χ0n) is 18.7. The Labute approximate surface area is 177 Å². The minimum absolute atomic E-state index is 0.294.